The zero-order valence-electron chi connectivity index (χ0n) is 5.63. The van der Waals surface area contributed by atoms with Crippen molar-refractivity contribution < 1.29 is 5.11 Å². The van der Waals surface area contributed by atoms with Crippen molar-refractivity contribution in [1.29, 1.82) is 0 Å². The van der Waals surface area contributed by atoms with Crippen LogP contribution in [0.3, 0.4) is 0 Å². The zero-order valence-corrected chi connectivity index (χ0v) is 6.45. The number of aliphatic hydroxyl groups is 1. The summed E-state index contributed by atoms with van der Waals surface area (Å²) in [4.78, 5) is 0. The van der Waals surface area contributed by atoms with E-state index in [0.717, 1.165) is 13.0 Å². The molecule has 0 unspecified atom stereocenters. The highest BCUT2D eigenvalue weighted by Gasteiger charge is 2.17. The van der Waals surface area contributed by atoms with Crippen molar-refractivity contribution in [3.8, 4) is 0 Å². The van der Waals surface area contributed by atoms with Gasteiger partial charge in [0.1, 0.15) is 0 Å². The smallest absolute Gasteiger partial charge is 0.0665 e. The first-order valence-corrected chi connectivity index (χ1v) is 3.22. The Morgan fingerprint density at radius 2 is 2.33 bits per heavy atom. The molecule has 2 atom stereocenters. The summed E-state index contributed by atoms with van der Waals surface area (Å²) in [6, 6.07) is 0.370. The maximum absolute atomic E-state index is 8.99. The van der Waals surface area contributed by atoms with Gasteiger partial charge >= 0.3 is 0 Å². The van der Waals surface area contributed by atoms with E-state index in [1.54, 1.807) is 0 Å². The molecule has 0 bridgehead atoms. The summed E-state index contributed by atoms with van der Waals surface area (Å²) in [5.41, 5.74) is 0. The summed E-state index contributed by atoms with van der Waals surface area (Å²) in [6.45, 7) is 2.92. The Labute approximate surface area is 62.1 Å². The van der Waals surface area contributed by atoms with E-state index in [9.17, 15) is 0 Å². The van der Waals surface area contributed by atoms with Crippen molar-refractivity contribution >= 4 is 12.4 Å². The molecule has 0 radical (unpaired) electrons. The number of hydrogen-bond acceptors (Lipinski definition) is 2. The number of halogens is 1. The Kier molecular flexibility index (Phi) is 4.19. The summed E-state index contributed by atoms with van der Waals surface area (Å²) >= 11 is 0. The van der Waals surface area contributed by atoms with Crippen molar-refractivity contribution in [2.75, 3.05) is 6.54 Å². The highest BCUT2D eigenvalue weighted by molar-refractivity contribution is 5.85. The SMILES string of the molecule is C[C@@H](O)[C@H]1CCCN1.Cl. The molecular formula is C6H14ClNO. The molecule has 3 heteroatoms. The lowest BCUT2D eigenvalue weighted by Crippen LogP contribution is -2.32. The van der Waals surface area contributed by atoms with Crippen LogP contribution in [-0.4, -0.2) is 23.8 Å². The van der Waals surface area contributed by atoms with E-state index in [0.29, 0.717) is 6.04 Å². The predicted octanol–water partition coefficient (Wildman–Crippen LogP) is 0.541. The quantitative estimate of drug-likeness (QED) is 0.574. The van der Waals surface area contributed by atoms with E-state index in [-0.39, 0.29) is 18.5 Å². The van der Waals surface area contributed by atoms with Gasteiger partial charge < -0.3 is 10.4 Å². The molecular weight excluding hydrogens is 138 g/mol. The topological polar surface area (TPSA) is 32.3 Å². The number of rotatable bonds is 1. The maximum Gasteiger partial charge on any atom is 0.0665 e. The molecule has 56 valence electrons. The minimum Gasteiger partial charge on any atom is -0.392 e. The summed E-state index contributed by atoms with van der Waals surface area (Å²) in [5, 5.41) is 12.2. The number of hydrogen-bond donors (Lipinski definition) is 2. The lowest BCUT2D eigenvalue weighted by molar-refractivity contribution is 0.154. The maximum atomic E-state index is 8.99. The van der Waals surface area contributed by atoms with E-state index >= 15 is 0 Å². The van der Waals surface area contributed by atoms with Gasteiger partial charge in [-0.1, -0.05) is 0 Å². The molecule has 2 N–H and O–H groups in total. The molecule has 0 saturated carbocycles. The van der Waals surface area contributed by atoms with Gasteiger partial charge in [-0.25, -0.2) is 0 Å². The van der Waals surface area contributed by atoms with Gasteiger partial charge in [0.05, 0.1) is 6.10 Å². The third-order valence-electron chi connectivity index (χ3n) is 1.68. The average Bonchev–Trinajstić information content (AvgIpc) is 2.12. The van der Waals surface area contributed by atoms with E-state index < -0.39 is 0 Å². The average molecular weight is 152 g/mol. The first-order chi connectivity index (χ1) is 3.80. The van der Waals surface area contributed by atoms with Gasteiger partial charge in [-0.05, 0) is 26.3 Å². The molecule has 1 saturated heterocycles. The second-order valence-electron chi connectivity index (χ2n) is 2.44. The number of aliphatic hydroxyl groups excluding tert-OH is 1. The Bertz CT molecular complexity index is 71.5. The minimum absolute atomic E-state index is 0. The lowest BCUT2D eigenvalue weighted by Gasteiger charge is -2.11. The molecule has 1 aliphatic rings. The fourth-order valence-electron chi connectivity index (χ4n) is 1.12. The van der Waals surface area contributed by atoms with Crippen LogP contribution in [0.2, 0.25) is 0 Å². The molecule has 0 amide bonds. The molecule has 9 heavy (non-hydrogen) atoms. The Morgan fingerprint density at radius 3 is 2.56 bits per heavy atom. The molecule has 1 fully saturated rings. The Hall–Kier alpha value is 0.210. The molecule has 1 aliphatic heterocycles. The predicted molar refractivity (Wildman–Crippen MR) is 40.0 cm³/mol. The normalized spacial score (nSPS) is 29.3. The molecule has 0 aliphatic carbocycles. The van der Waals surface area contributed by atoms with Gasteiger partial charge in [0, 0.05) is 6.04 Å². The van der Waals surface area contributed by atoms with Gasteiger partial charge in [0.2, 0.25) is 0 Å². The fourth-order valence-corrected chi connectivity index (χ4v) is 1.12. The van der Waals surface area contributed by atoms with Crippen molar-refractivity contribution in [3.63, 3.8) is 0 Å². The van der Waals surface area contributed by atoms with E-state index in [1.807, 2.05) is 6.92 Å². The molecule has 0 aromatic carbocycles. The van der Waals surface area contributed by atoms with Gasteiger partial charge in [-0.15, -0.1) is 12.4 Å². The minimum atomic E-state index is -0.169. The van der Waals surface area contributed by atoms with E-state index in [2.05, 4.69) is 5.32 Å². The van der Waals surface area contributed by atoms with E-state index in [1.165, 1.54) is 6.42 Å². The third-order valence-corrected chi connectivity index (χ3v) is 1.68. The summed E-state index contributed by atoms with van der Waals surface area (Å²) < 4.78 is 0. The highest BCUT2D eigenvalue weighted by atomic mass is 35.5. The van der Waals surface area contributed by atoms with Crippen molar-refractivity contribution in [2.24, 2.45) is 0 Å². The molecule has 0 aromatic rings. The van der Waals surface area contributed by atoms with Crippen LogP contribution < -0.4 is 5.32 Å². The van der Waals surface area contributed by atoms with Crippen LogP contribution >= 0.6 is 12.4 Å². The van der Waals surface area contributed by atoms with Crippen LogP contribution in [0.4, 0.5) is 0 Å². The van der Waals surface area contributed by atoms with Crippen LogP contribution in [0.25, 0.3) is 0 Å². The first-order valence-electron chi connectivity index (χ1n) is 3.22. The van der Waals surface area contributed by atoms with E-state index in [4.69, 9.17) is 5.11 Å². The number of nitrogens with one attached hydrogen (secondary N) is 1. The second kappa shape index (κ2) is 4.09. The Morgan fingerprint density at radius 1 is 1.67 bits per heavy atom. The summed E-state index contributed by atoms with van der Waals surface area (Å²) in [5.74, 6) is 0. The fraction of sp³-hybridized carbons (Fsp3) is 1.00. The van der Waals surface area contributed by atoms with Gasteiger partial charge in [-0.3, -0.25) is 0 Å². The van der Waals surface area contributed by atoms with Gasteiger partial charge in [0.15, 0.2) is 0 Å². The third kappa shape index (κ3) is 2.52. The Balaban J connectivity index is 0.000000640. The highest BCUT2D eigenvalue weighted by Crippen LogP contribution is 2.07. The van der Waals surface area contributed by atoms with Crippen molar-refractivity contribution in [3.05, 3.63) is 0 Å². The van der Waals surface area contributed by atoms with Gasteiger partial charge in [0.25, 0.3) is 0 Å². The molecule has 2 nitrogen and oxygen atoms in total. The molecule has 1 rings (SSSR count). The largest absolute Gasteiger partial charge is 0.392 e. The lowest BCUT2D eigenvalue weighted by atomic mass is 10.1. The molecule has 0 aromatic heterocycles. The monoisotopic (exact) mass is 151 g/mol. The van der Waals surface area contributed by atoms with Crippen LogP contribution in [0.15, 0.2) is 0 Å². The zero-order chi connectivity index (χ0) is 5.98. The summed E-state index contributed by atoms with van der Waals surface area (Å²) in [7, 11) is 0. The van der Waals surface area contributed by atoms with Crippen molar-refractivity contribution in [1.82, 2.24) is 5.32 Å². The second-order valence-corrected chi connectivity index (χ2v) is 2.44. The molecule has 0 spiro atoms. The standard InChI is InChI=1S/C6H13NO.ClH/c1-5(8)6-3-2-4-7-6;/h5-8H,2-4H2,1H3;1H/t5-,6-;/m1./s1. The van der Waals surface area contributed by atoms with Crippen LogP contribution in [-0.2, 0) is 0 Å². The van der Waals surface area contributed by atoms with Gasteiger partial charge in [-0.2, -0.15) is 0 Å². The van der Waals surface area contributed by atoms with Crippen LogP contribution in [0.5, 0.6) is 0 Å². The first kappa shape index (κ1) is 9.21. The van der Waals surface area contributed by atoms with Crippen LogP contribution in [0, 0.1) is 0 Å². The molecule has 1 heterocycles. The van der Waals surface area contributed by atoms with Crippen molar-refractivity contribution in [2.45, 2.75) is 31.9 Å². The summed E-state index contributed by atoms with van der Waals surface area (Å²) in [6.07, 6.45) is 2.19. The van der Waals surface area contributed by atoms with Crippen LogP contribution in [0.1, 0.15) is 19.8 Å².